The molecular formula is C14H11BrCl2O2. The Morgan fingerprint density at radius 2 is 1.63 bits per heavy atom. The van der Waals surface area contributed by atoms with Crippen LogP contribution < -0.4 is 4.74 Å². The minimum atomic E-state index is -0.567. The highest BCUT2D eigenvalue weighted by atomic mass is 79.9. The van der Waals surface area contributed by atoms with Crippen LogP contribution in [0.4, 0.5) is 0 Å². The van der Waals surface area contributed by atoms with Crippen LogP contribution in [0.1, 0.15) is 18.6 Å². The summed E-state index contributed by atoms with van der Waals surface area (Å²) >= 11 is 15.5. The third kappa shape index (κ3) is 3.63. The second-order valence-electron chi connectivity index (χ2n) is 4.04. The van der Waals surface area contributed by atoms with Gasteiger partial charge in [0, 0.05) is 4.47 Å². The number of ether oxygens (including phenoxy) is 1. The van der Waals surface area contributed by atoms with Crippen LogP contribution in [0.3, 0.4) is 0 Å². The van der Waals surface area contributed by atoms with Crippen LogP contribution in [-0.2, 0) is 0 Å². The van der Waals surface area contributed by atoms with E-state index in [1.54, 1.807) is 37.3 Å². The SMILES string of the molecule is CC(O)c1ccc(Oc2ccc(Br)cc2Cl)c(Cl)c1. The van der Waals surface area contributed by atoms with Crippen LogP contribution in [-0.4, -0.2) is 5.11 Å². The van der Waals surface area contributed by atoms with Crippen molar-refractivity contribution in [2.75, 3.05) is 0 Å². The fourth-order valence-corrected chi connectivity index (χ4v) is 2.48. The summed E-state index contributed by atoms with van der Waals surface area (Å²) in [5.41, 5.74) is 0.735. The van der Waals surface area contributed by atoms with Gasteiger partial charge in [-0.05, 0) is 42.8 Å². The quantitative estimate of drug-likeness (QED) is 0.770. The van der Waals surface area contributed by atoms with Crippen molar-refractivity contribution < 1.29 is 9.84 Å². The highest BCUT2D eigenvalue weighted by Crippen LogP contribution is 2.35. The Morgan fingerprint density at radius 1 is 1.05 bits per heavy atom. The molecule has 0 amide bonds. The Bertz CT molecular complexity index is 600. The van der Waals surface area contributed by atoms with E-state index in [-0.39, 0.29) is 0 Å². The monoisotopic (exact) mass is 360 g/mol. The molecule has 2 nitrogen and oxygen atoms in total. The highest BCUT2D eigenvalue weighted by molar-refractivity contribution is 9.10. The summed E-state index contributed by atoms with van der Waals surface area (Å²) in [6.45, 7) is 1.68. The maximum atomic E-state index is 9.48. The molecule has 0 spiro atoms. The molecule has 1 atom stereocenters. The molecule has 2 aromatic carbocycles. The molecule has 0 bridgehead atoms. The number of hydrogen-bond donors (Lipinski definition) is 1. The van der Waals surface area contributed by atoms with Gasteiger partial charge in [-0.2, -0.15) is 0 Å². The summed E-state index contributed by atoms with van der Waals surface area (Å²) in [6.07, 6.45) is -0.567. The van der Waals surface area contributed by atoms with E-state index in [2.05, 4.69) is 15.9 Å². The molecule has 0 aliphatic heterocycles. The molecule has 0 fully saturated rings. The molecule has 19 heavy (non-hydrogen) atoms. The minimum absolute atomic E-state index is 0.428. The fourth-order valence-electron chi connectivity index (χ4n) is 1.54. The number of aliphatic hydroxyl groups excluding tert-OH is 1. The van der Waals surface area contributed by atoms with Gasteiger partial charge in [0.2, 0.25) is 0 Å². The Hall–Kier alpha value is -0.740. The molecule has 0 radical (unpaired) electrons. The van der Waals surface area contributed by atoms with Crippen molar-refractivity contribution in [2.45, 2.75) is 13.0 Å². The standard InChI is InChI=1S/C14H11BrCl2O2/c1-8(18)9-2-4-13(11(16)6-9)19-14-5-3-10(15)7-12(14)17/h2-8,18H,1H3. The summed E-state index contributed by atoms with van der Waals surface area (Å²) in [5.74, 6) is 1.02. The van der Waals surface area contributed by atoms with E-state index in [4.69, 9.17) is 27.9 Å². The second-order valence-corrected chi connectivity index (χ2v) is 5.77. The predicted octanol–water partition coefficient (Wildman–Crippen LogP) is 5.60. The normalized spacial score (nSPS) is 12.3. The van der Waals surface area contributed by atoms with Gasteiger partial charge in [0.05, 0.1) is 16.1 Å². The van der Waals surface area contributed by atoms with Gasteiger partial charge in [-0.3, -0.25) is 0 Å². The molecule has 2 rings (SSSR count). The van der Waals surface area contributed by atoms with Crippen molar-refractivity contribution in [2.24, 2.45) is 0 Å². The number of halogens is 3. The largest absolute Gasteiger partial charge is 0.454 e. The van der Waals surface area contributed by atoms with E-state index in [0.29, 0.717) is 21.5 Å². The van der Waals surface area contributed by atoms with Gasteiger partial charge in [-0.25, -0.2) is 0 Å². The van der Waals surface area contributed by atoms with Crippen molar-refractivity contribution in [1.29, 1.82) is 0 Å². The van der Waals surface area contributed by atoms with Crippen LogP contribution >= 0.6 is 39.1 Å². The Labute approximate surface area is 130 Å². The smallest absolute Gasteiger partial charge is 0.146 e. The highest BCUT2D eigenvalue weighted by Gasteiger charge is 2.09. The minimum Gasteiger partial charge on any atom is -0.454 e. The lowest BCUT2D eigenvalue weighted by atomic mass is 10.1. The van der Waals surface area contributed by atoms with Gasteiger partial charge < -0.3 is 9.84 Å². The molecule has 1 N–H and O–H groups in total. The van der Waals surface area contributed by atoms with Gasteiger partial charge in [0.15, 0.2) is 0 Å². The molecule has 0 heterocycles. The van der Waals surface area contributed by atoms with Crippen LogP contribution in [0.15, 0.2) is 40.9 Å². The first-order chi connectivity index (χ1) is 8.97. The third-order valence-corrected chi connectivity index (χ3v) is 3.64. The first-order valence-electron chi connectivity index (χ1n) is 5.58. The predicted molar refractivity (Wildman–Crippen MR) is 81.3 cm³/mol. The first-order valence-corrected chi connectivity index (χ1v) is 7.12. The van der Waals surface area contributed by atoms with E-state index in [1.165, 1.54) is 0 Å². The van der Waals surface area contributed by atoms with Crippen LogP contribution in [0.2, 0.25) is 10.0 Å². The molecule has 0 aromatic heterocycles. The molecule has 0 saturated heterocycles. The first kappa shape index (κ1) is 14.7. The maximum Gasteiger partial charge on any atom is 0.146 e. The van der Waals surface area contributed by atoms with Gasteiger partial charge in [-0.15, -0.1) is 0 Å². The molecule has 5 heteroatoms. The van der Waals surface area contributed by atoms with Crippen LogP contribution in [0.25, 0.3) is 0 Å². The lowest BCUT2D eigenvalue weighted by Crippen LogP contribution is -1.92. The average molecular weight is 362 g/mol. The summed E-state index contributed by atoms with van der Waals surface area (Å²) in [6, 6.07) is 10.5. The van der Waals surface area contributed by atoms with E-state index in [1.807, 2.05) is 6.07 Å². The molecule has 0 aliphatic carbocycles. The van der Waals surface area contributed by atoms with Gasteiger partial charge in [0.25, 0.3) is 0 Å². The van der Waals surface area contributed by atoms with Crippen LogP contribution in [0, 0.1) is 0 Å². The third-order valence-electron chi connectivity index (χ3n) is 2.55. The number of hydrogen-bond acceptors (Lipinski definition) is 2. The van der Waals surface area contributed by atoms with Crippen LogP contribution in [0.5, 0.6) is 11.5 Å². The zero-order chi connectivity index (χ0) is 14.0. The summed E-state index contributed by atoms with van der Waals surface area (Å²) in [4.78, 5) is 0. The zero-order valence-electron chi connectivity index (χ0n) is 10.0. The van der Waals surface area contributed by atoms with E-state index in [9.17, 15) is 5.11 Å². The van der Waals surface area contributed by atoms with Crippen molar-refractivity contribution in [1.82, 2.24) is 0 Å². The van der Waals surface area contributed by atoms with E-state index >= 15 is 0 Å². The molecular weight excluding hydrogens is 351 g/mol. The average Bonchev–Trinajstić information content (AvgIpc) is 2.34. The molecule has 2 aromatic rings. The molecule has 0 aliphatic rings. The lowest BCUT2D eigenvalue weighted by molar-refractivity contribution is 0.199. The Morgan fingerprint density at radius 3 is 2.16 bits per heavy atom. The topological polar surface area (TPSA) is 29.5 Å². The van der Waals surface area contributed by atoms with Crippen molar-refractivity contribution in [3.8, 4) is 11.5 Å². The van der Waals surface area contributed by atoms with Gasteiger partial charge in [0.1, 0.15) is 11.5 Å². The summed E-state index contributed by atoms with van der Waals surface area (Å²) in [7, 11) is 0. The maximum absolute atomic E-state index is 9.48. The molecule has 100 valence electrons. The van der Waals surface area contributed by atoms with Crippen molar-refractivity contribution >= 4 is 39.1 Å². The summed E-state index contributed by atoms with van der Waals surface area (Å²) in [5, 5.41) is 10.4. The number of benzene rings is 2. The Balaban J connectivity index is 2.28. The van der Waals surface area contributed by atoms with Crippen molar-refractivity contribution in [3.05, 3.63) is 56.5 Å². The van der Waals surface area contributed by atoms with E-state index in [0.717, 1.165) is 10.0 Å². The zero-order valence-corrected chi connectivity index (χ0v) is 13.1. The Kier molecular flexibility index (Phi) is 4.74. The summed E-state index contributed by atoms with van der Waals surface area (Å²) < 4.78 is 6.54. The number of rotatable bonds is 3. The van der Waals surface area contributed by atoms with Gasteiger partial charge in [-0.1, -0.05) is 45.2 Å². The number of aliphatic hydroxyl groups is 1. The molecule has 0 saturated carbocycles. The molecule has 1 unspecified atom stereocenters. The lowest BCUT2D eigenvalue weighted by Gasteiger charge is -2.11. The second kappa shape index (κ2) is 6.14. The van der Waals surface area contributed by atoms with Gasteiger partial charge >= 0.3 is 0 Å². The van der Waals surface area contributed by atoms with E-state index < -0.39 is 6.10 Å². The van der Waals surface area contributed by atoms with Crippen molar-refractivity contribution in [3.63, 3.8) is 0 Å². The fraction of sp³-hybridized carbons (Fsp3) is 0.143.